The Kier molecular flexibility index (Phi) is 11.1. The SMILES string of the molecule is CC(C)N(C(=O)c1cc(F)ccc1Oc1cncnc1N1CC[C@@H](CN2CC3(CCN(S(=O)(=O)N4CC5(CCN(C(=O)C(F)(F)F)CC5)C4)CC3)C2)C1)C(C)C. The van der Waals surface area contributed by atoms with Crippen LogP contribution in [0, 0.1) is 22.6 Å². The van der Waals surface area contributed by atoms with Crippen LogP contribution in [0.3, 0.4) is 0 Å². The molecule has 0 saturated carbocycles. The van der Waals surface area contributed by atoms with Crippen molar-refractivity contribution in [3.63, 3.8) is 0 Å². The third-order valence-corrected chi connectivity index (χ3v) is 14.4. The minimum Gasteiger partial charge on any atom is -0.451 e. The number of amides is 2. The van der Waals surface area contributed by atoms with Gasteiger partial charge in [0.25, 0.3) is 16.1 Å². The highest BCUT2D eigenvalue weighted by Crippen LogP contribution is 2.46. The molecule has 5 fully saturated rings. The summed E-state index contributed by atoms with van der Waals surface area (Å²) in [7, 11) is -3.67. The van der Waals surface area contributed by atoms with Crippen molar-refractivity contribution < 1.29 is 40.3 Å². The molecule has 1 aromatic carbocycles. The fraction of sp³-hybridized carbons (Fsp3) is 0.684. The molecule has 0 N–H and O–H groups in total. The number of alkyl halides is 3. The van der Waals surface area contributed by atoms with Crippen molar-refractivity contribution >= 4 is 27.8 Å². The first-order valence-electron chi connectivity index (χ1n) is 19.6. The maximum atomic E-state index is 14.4. The Labute approximate surface area is 326 Å². The van der Waals surface area contributed by atoms with Crippen LogP contribution in [0.5, 0.6) is 11.5 Å². The number of benzene rings is 1. The Balaban J connectivity index is 0.885. The molecule has 18 heteroatoms. The van der Waals surface area contributed by atoms with Gasteiger partial charge >= 0.3 is 12.1 Å². The molecule has 0 aliphatic carbocycles. The molecule has 0 radical (unpaired) electrons. The number of halogens is 4. The molecule has 56 heavy (non-hydrogen) atoms. The normalized spacial score (nSPS) is 23.1. The monoisotopic (exact) mass is 808 g/mol. The van der Waals surface area contributed by atoms with Crippen molar-refractivity contribution in [2.24, 2.45) is 16.7 Å². The van der Waals surface area contributed by atoms with Gasteiger partial charge in [0.05, 0.1) is 11.8 Å². The molecule has 6 heterocycles. The number of anilines is 1. The minimum absolute atomic E-state index is 0.0121. The van der Waals surface area contributed by atoms with Gasteiger partial charge in [-0.05, 0) is 89.3 Å². The molecular formula is C38H52F4N8O5S. The fourth-order valence-electron chi connectivity index (χ4n) is 9.49. The second-order valence-electron chi connectivity index (χ2n) is 17.1. The Bertz CT molecular complexity index is 1880. The van der Waals surface area contributed by atoms with Crippen molar-refractivity contribution in [3.8, 4) is 11.5 Å². The van der Waals surface area contributed by atoms with Gasteiger partial charge in [-0.3, -0.25) is 9.59 Å². The van der Waals surface area contributed by atoms with E-state index in [-0.39, 0.29) is 66.3 Å². The van der Waals surface area contributed by atoms with Crippen LogP contribution < -0.4 is 9.64 Å². The lowest BCUT2D eigenvalue weighted by Crippen LogP contribution is -2.66. The number of carbonyl (C=O) groups excluding carboxylic acids is 2. The highest BCUT2D eigenvalue weighted by molar-refractivity contribution is 7.86. The van der Waals surface area contributed by atoms with Gasteiger partial charge in [-0.1, -0.05) is 0 Å². The predicted molar refractivity (Wildman–Crippen MR) is 200 cm³/mol. The van der Waals surface area contributed by atoms with Gasteiger partial charge in [-0.2, -0.15) is 30.2 Å². The van der Waals surface area contributed by atoms with Crippen molar-refractivity contribution in [1.29, 1.82) is 0 Å². The van der Waals surface area contributed by atoms with Crippen molar-refractivity contribution in [3.05, 3.63) is 42.1 Å². The van der Waals surface area contributed by atoms with Crippen LogP contribution in [0.2, 0.25) is 0 Å². The summed E-state index contributed by atoms with van der Waals surface area (Å²) in [5.74, 6) is -1.08. The number of aromatic nitrogens is 2. The summed E-state index contributed by atoms with van der Waals surface area (Å²) in [5, 5.41) is 0. The number of hydrogen-bond acceptors (Lipinski definition) is 9. The van der Waals surface area contributed by atoms with Gasteiger partial charge in [0.2, 0.25) is 0 Å². The third kappa shape index (κ3) is 8.07. The van der Waals surface area contributed by atoms with Crippen LogP contribution in [0.1, 0.15) is 70.2 Å². The van der Waals surface area contributed by atoms with E-state index in [4.69, 9.17) is 4.74 Å². The van der Waals surface area contributed by atoms with E-state index in [1.165, 1.54) is 28.8 Å². The zero-order valence-corrected chi connectivity index (χ0v) is 33.3. The maximum Gasteiger partial charge on any atom is 0.471 e. The molecule has 7 rings (SSSR count). The van der Waals surface area contributed by atoms with Crippen LogP contribution in [0.15, 0.2) is 30.7 Å². The van der Waals surface area contributed by atoms with Crippen LogP contribution in [-0.4, -0.2) is 144 Å². The minimum atomic E-state index is -4.90. The lowest BCUT2D eigenvalue weighted by Gasteiger charge is -2.56. The van der Waals surface area contributed by atoms with E-state index < -0.39 is 28.1 Å². The molecule has 5 saturated heterocycles. The highest BCUT2D eigenvalue weighted by Gasteiger charge is 2.54. The molecule has 308 valence electrons. The highest BCUT2D eigenvalue weighted by atomic mass is 32.2. The van der Waals surface area contributed by atoms with Crippen LogP contribution in [0.4, 0.5) is 23.4 Å². The molecule has 5 aliphatic heterocycles. The predicted octanol–water partition coefficient (Wildman–Crippen LogP) is 4.62. The van der Waals surface area contributed by atoms with Crippen LogP contribution in [-0.2, 0) is 15.0 Å². The number of likely N-dealkylation sites (tertiary alicyclic amines) is 2. The van der Waals surface area contributed by atoms with Gasteiger partial charge in [0, 0.05) is 89.5 Å². The summed E-state index contributed by atoms with van der Waals surface area (Å²) < 4.78 is 89.3. The Morgan fingerprint density at radius 2 is 1.54 bits per heavy atom. The van der Waals surface area contributed by atoms with Gasteiger partial charge < -0.3 is 24.3 Å². The Morgan fingerprint density at radius 1 is 0.911 bits per heavy atom. The first kappa shape index (κ1) is 40.6. The van der Waals surface area contributed by atoms with E-state index in [0.29, 0.717) is 43.4 Å². The van der Waals surface area contributed by atoms with Crippen molar-refractivity contribution in [2.45, 2.75) is 78.1 Å². The molecule has 5 aliphatic rings. The molecule has 2 amide bonds. The second-order valence-corrected chi connectivity index (χ2v) is 19.0. The van der Waals surface area contributed by atoms with Crippen LogP contribution >= 0.6 is 0 Å². The number of nitrogens with zero attached hydrogens (tertiary/aromatic N) is 8. The summed E-state index contributed by atoms with van der Waals surface area (Å²) in [6, 6.07) is 3.74. The standard InChI is InChI=1S/C38H52F4N8O5S/c1-26(2)50(27(3)4)34(51)30-17-29(39)5-6-31(30)55-32-18-43-25-44-33(32)47-12-7-28(20-47)19-45-21-36(22-45)10-15-48(16-11-36)56(53,54)49-23-37(24-49)8-13-46(14-9-37)35(52)38(40,41)42/h5-6,17-18,25-28H,7-16,19-24H2,1-4H3/t28-/m0/s1. The average Bonchev–Trinajstić information content (AvgIpc) is 3.58. The largest absolute Gasteiger partial charge is 0.471 e. The molecule has 1 aromatic heterocycles. The zero-order chi connectivity index (χ0) is 40.2. The number of ether oxygens (including phenoxy) is 1. The summed E-state index contributed by atoms with van der Waals surface area (Å²) in [4.78, 5) is 41.1. The van der Waals surface area contributed by atoms with Gasteiger partial charge in [0.1, 0.15) is 17.9 Å². The molecule has 1 atom stereocenters. The summed E-state index contributed by atoms with van der Waals surface area (Å²) in [6.45, 7) is 13.3. The van der Waals surface area contributed by atoms with Gasteiger partial charge in [-0.25, -0.2) is 14.4 Å². The molecule has 2 spiro atoms. The van der Waals surface area contributed by atoms with Crippen molar-refractivity contribution in [1.82, 2.24) is 33.3 Å². The Morgan fingerprint density at radius 3 is 2.16 bits per heavy atom. The van der Waals surface area contributed by atoms with E-state index in [2.05, 4.69) is 19.8 Å². The zero-order valence-electron chi connectivity index (χ0n) is 32.5. The lowest BCUT2D eigenvalue weighted by molar-refractivity contribution is -0.188. The van der Waals surface area contributed by atoms with Crippen LogP contribution in [0.25, 0.3) is 0 Å². The molecule has 0 bridgehead atoms. The summed E-state index contributed by atoms with van der Waals surface area (Å²) >= 11 is 0. The number of piperidine rings is 2. The number of rotatable bonds is 10. The Hall–Kier alpha value is -3.61. The van der Waals surface area contributed by atoms with E-state index in [1.807, 2.05) is 27.7 Å². The first-order valence-corrected chi connectivity index (χ1v) is 21.0. The molecule has 2 aromatic rings. The second kappa shape index (κ2) is 15.3. The molecule has 13 nitrogen and oxygen atoms in total. The lowest BCUT2D eigenvalue weighted by atomic mass is 9.72. The number of carbonyl (C=O) groups is 2. The summed E-state index contributed by atoms with van der Waals surface area (Å²) in [5.41, 5.74) is -0.155. The van der Waals surface area contributed by atoms with Gasteiger partial charge in [-0.15, -0.1) is 0 Å². The maximum absolute atomic E-state index is 14.4. The smallest absolute Gasteiger partial charge is 0.451 e. The molecule has 0 unspecified atom stereocenters. The fourth-order valence-corrected chi connectivity index (χ4v) is 11.3. The van der Waals surface area contributed by atoms with E-state index >= 15 is 0 Å². The van der Waals surface area contributed by atoms with E-state index in [0.717, 1.165) is 56.9 Å². The number of hydrogen-bond donors (Lipinski definition) is 0. The average molecular weight is 809 g/mol. The quantitative estimate of drug-likeness (QED) is 0.317. The third-order valence-electron chi connectivity index (χ3n) is 12.4. The molecular weight excluding hydrogens is 757 g/mol. The van der Waals surface area contributed by atoms with E-state index in [1.54, 1.807) is 15.4 Å². The summed E-state index contributed by atoms with van der Waals surface area (Å²) in [6.07, 6.45) is 1.35. The first-order chi connectivity index (χ1) is 26.4. The van der Waals surface area contributed by atoms with E-state index in [9.17, 15) is 35.6 Å². The van der Waals surface area contributed by atoms with Gasteiger partial charge in [0.15, 0.2) is 11.6 Å². The van der Waals surface area contributed by atoms with Crippen molar-refractivity contribution in [2.75, 3.05) is 76.9 Å². The topological polar surface area (TPSA) is 123 Å².